The van der Waals surface area contributed by atoms with Crippen LogP contribution in [0.25, 0.3) is 88.1 Å². The fourth-order valence-electron chi connectivity index (χ4n) is 10.6. The maximum atomic E-state index is 6.69. The smallest absolute Gasteiger partial charge is 0.159 e. The molecule has 0 amide bonds. The highest BCUT2D eigenvalue weighted by molar-refractivity contribution is 6.14. The summed E-state index contributed by atoms with van der Waals surface area (Å²) >= 11 is 0. The SMILES string of the molecule is CC1(C)c2ccccc2-c2cc3c4cc(C5=CCC(N(c6cccc7c6oc6ccccc67)c6cccc7c6oc6ccccc67)C=C5)ccc4n(-c4ccccc4)c3cc21. The summed E-state index contributed by atoms with van der Waals surface area (Å²) < 4.78 is 15.8. The molecular formula is C57H40N2O2. The Labute approximate surface area is 352 Å². The van der Waals surface area contributed by atoms with E-state index >= 15 is 0 Å². The molecule has 8 aromatic carbocycles. The molecule has 290 valence electrons. The van der Waals surface area contributed by atoms with E-state index in [-0.39, 0.29) is 11.5 Å². The summed E-state index contributed by atoms with van der Waals surface area (Å²) in [5, 5.41) is 6.97. The van der Waals surface area contributed by atoms with Gasteiger partial charge in [-0.15, -0.1) is 0 Å². The molecule has 0 bridgehead atoms. The molecule has 11 aromatic rings. The van der Waals surface area contributed by atoms with E-state index in [1.807, 2.05) is 12.1 Å². The fraction of sp³-hybridized carbons (Fsp3) is 0.0877. The lowest BCUT2D eigenvalue weighted by Crippen LogP contribution is -2.30. The highest BCUT2D eigenvalue weighted by Crippen LogP contribution is 2.51. The maximum absolute atomic E-state index is 6.69. The monoisotopic (exact) mass is 784 g/mol. The molecule has 3 heterocycles. The lowest BCUT2D eigenvalue weighted by molar-refractivity contribution is 0.658. The first kappa shape index (κ1) is 34.3. The highest BCUT2D eigenvalue weighted by Gasteiger charge is 2.36. The van der Waals surface area contributed by atoms with Crippen LogP contribution in [0.3, 0.4) is 0 Å². The van der Waals surface area contributed by atoms with Gasteiger partial charge in [-0.25, -0.2) is 0 Å². The number of para-hydroxylation sites is 5. The van der Waals surface area contributed by atoms with Gasteiger partial charge in [-0.1, -0.05) is 141 Å². The summed E-state index contributed by atoms with van der Waals surface area (Å²) in [6.07, 6.45) is 7.87. The molecule has 0 spiro atoms. The van der Waals surface area contributed by atoms with E-state index in [4.69, 9.17) is 8.83 Å². The van der Waals surface area contributed by atoms with Crippen LogP contribution in [-0.2, 0) is 5.41 Å². The lowest BCUT2D eigenvalue weighted by atomic mass is 9.82. The van der Waals surface area contributed by atoms with Crippen molar-refractivity contribution in [3.63, 3.8) is 0 Å². The molecule has 3 aromatic heterocycles. The minimum atomic E-state index is -0.0861. The van der Waals surface area contributed by atoms with Crippen LogP contribution in [0, 0.1) is 0 Å². The van der Waals surface area contributed by atoms with Gasteiger partial charge in [0.25, 0.3) is 0 Å². The largest absolute Gasteiger partial charge is 0.454 e. The fourth-order valence-corrected chi connectivity index (χ4v) is 10.6. The van der Waals surface area contributed by atoms with Crippen LogP contribution in [0.2, 0.25) is 0 Å². The molecule has 13 rings (SSSR count). The third-order valence-electron chi connectivity index (χ3n) is 13.5. The molecule has 0 radical (unpaired) electrons. The summed E-state index contributed by atoms with van der Waals surface area (Å²) in [5.41, 5.74) is 16.9. The maximum Gasteiger partial charge on any atom is 0.159 e. The molecule has 4 heteroatoms. The van der Waals surface area contributed by atoms with Gasteiger partial charge in [0.1, 0.15) is 11.2 Å². The minimum Gasteiger partial charge on any atom is -0.454 e. The Morgan fingerprint density at radius 1 is 0.525 bits per heavy atom. The average Bonchev–Trinajstić information content (AvgIpc) is 4.04. The van der Waals surface area contributed by atoms with E-state index in [0.717, 1.165) is 61.7 Å². The number of hydrogen-bond acceptors (Lipinski definition) is 3. The van der Waals surface area contributed by atoms with Crippen LogP contribution in [0.1, 0.15) is 37.0 Å². The van der Waals surface area contributed by atoms with Crippen molar-refractivity contribution in [3.05, 3.63) is 205 Å². The zero-order valence-corrected chi connectivity index (χ0v) is 33.9. The third-order valence-corrected chi connectivity index (χ3v) is 13.5. The summed E-state index contributed by atoms with van der Waals surface area (Å²) in [5.74, 6) is 0. The Bertz CT molecular complexity index is 3550. The summed E-state index contributed by atoms with van der Waals surface area (Å²) in [4.78, 5) is 2.43. The van der Waals surface area contributed by atoms with Gasteiger partial charge in [0.2, 0.25) is 0 Å². The van der Waals surface area contributed by atoms with Gasteiger partial charge < -0.3 is 18.3 Å². The molecule has 0 saturated heterocycles. The van der Waals surface area contributed by atoms with Crippen molar-refractivity contribution < 1.29 is 8.83 Å². The zero-order valence-electron chi connectivity index (χ0n) is 33.9. The molecule has 1 atom stereocenters. The summed E-state index contributed by atoms with van der Waals surface area (Å²) in [6, 6.07) is 61.3. The average molecular weight is 785 g/mol. The number of hydrogen-bond donors (Lipinski definition) is 0. The van der Waals surface area contributed by atoms with Crippen LogP contribution in [-0.4, -0.2) is 10.6 Å². The molecule has 0 N–H and O–H groups in total. The standard InChI is InChI=1S/C57H40N2O2/c1-57(2)47-21-9-6-16-39(47)44-33-46-45-32-36(28-31-49(45)58(52(46)34-48(44)57)37-14-4-3-5-15-37)35-26-29-38(30-27-35)59(50-22-12-19-42-40-17-7-10-24-53(40)60-55(42)50)51-23-13-20-43-41-18-8-11-25-54(41)61-56(43)51/h3-29,31-34,38H,30H2,1-2H3. The van der Waals surface area contributed by atoms with Gasteiger partial charge in [0.15, 0.2) is 11.2 Å². The number of anilines is 2. The zero-order chi connectivity index (χ0) is 40.4. The van der Waals surface area contributed by atoms with Gasteiger partial charge >= 0.3 is 0 Å². The van der Waals surface area contributed by atoms with Crippen molar-refractivity contribution in [2.45, 2.75) is 31.7 Å². The van der Waals surface area contributed by atoms with Crippen molar-refractivity contribution in [3.8, 4) is 16.8 Å². The Balaban J connectivity index is 0.956. The van der Waals surface area contributed by atoms with E-state index in [1.54, 1.807) is 0 Å². The second-order valence-corrected chi connectivity index (χ2v) is 17.2. The number of aromatic nitrogens is 1. The predicted octanol–water partition coefficient (Wildman–Crippen LogP) is 15.4. The number of nitrogens with zero attached hydrogens (tertiary/aromatic N) is 2. The third kappa shape index (κ3) is 4.93. The Hall–Kier alpha value is -7.56. The number of allylic oxidation sites excluding steroid dienone is 2. The molecule has 0 saturated carbocycles. The second kappa shape index (κ2) is 12.7. The normalized spacial score (nSPS) is 15.6. The Morgan fingerprint density at radius 3 is 1.84 bits per heavy atom. The van der Waals surface area contributed by atoms with Crippen LogP contribution >= 0.6 is 0 Å². The van der Waals surface area contributed by atoms with Crippen molar-refractivity contribution in [2.75, 3.05) is 4.90 Å². The molecule has 2 aliphatic carbocycles. The lowest BCUT2D eigenvalue weighted by Gasteiger charge is -2.33. The number of benzene rings is 8. The molecule has 61 heavy (non-hydrogen) atoms. The van der Waals surface area contributed by atoms with Gasteiger partial charge in [0.05, 0.1) is 28.5 Å². The van der Waals surface area contributed by atoms with Crippen LogP contribution < -0.4 is 4.90 Å². The van der Waals surface area contributed by atoms with E-state index < -0.39 is 0 Å². The van der Waals surface area contributed by atoms with Gasteiger partial charge in [0, 0.05) is 43.4 Å². The minimum absolute atomic E-state index is 0.00360. The number of furan rings is 2. The van der Waals surface area contributed by atoms with Crippen molar-refractivity contribution in [1.29, 1.82) is 0 Å². The molecule has 0 fully saturated rings. The highest BCUT2D eigenvalue weighted by atomic mass is 16.3. The second-order valence-electron chi connectivity index (χ2n) is 17.2. The first-order chi connectivity index (χ1) is 30.0. The van der Waals surface area contributed by atoms with E-state index in [2.05, 4.69) is 199 Å². The number of rotatable bonds is 5. The molecular weight excluding hydrogens is 745 g/mol. The van der Waals surface area contributed by atoms with E-state index in [9.17, 15) is 0 Å². The quantitative estimate of drug-likeness (QED) is 0.174. The first-order valence-corrected chi connectivity index (χ1v) is 21.3. The van der Waals surface area contributed by atoms with Crippen LogP contribution in [0.4, 0.5) is 11.4 Å². The van der Waals surface area contributed by atoms with E-state index in [1.165, 1.54) is 60.9 Å². The van der Waals surface area contributed by atoms with Gasteiger partial charge in [-0.05, 0) is 100 Å². The summed E-state index contributed by atoms with van der Waals surface area (Å²) in [6.45, 7) is 4.73. The predicted molar refractivity (Wildman–Crippen MR) is 253 cm³/mol. The molecule has 0 aliphatic heterocycles. The van der Waals surface area contributed by atoms with Gasteiger partial charge in [-0.3, -0.25) is 0 Å². The van der Waals surface area contributed by atoms with Crippen molar-refractivity contribution in [2.24, 2.45) is 0 Å². The Kier molecular flexibility index (Phi) is 7.16. The van der Waals surface area contributed by atoms with Crippen LogP contribution in [0.5, 0.6) is 0 Å². The van der Waals surface area contributed by atoms with Crippen molar-refractivity contribution >= 4 is 82.6 Å². The van der Waals surface area contributed by atoms with E-state index in [0.29, 0.717) is 0 Å². The van der Waals surface area contributed by atoms with Crippen molar-refractivity contribution in [1.82, 2.24) is 4.57 Å². The van der Waals surface area contributed by atoms with Crippen LogP contribution in [0.15, 0.2) is 197 Å². The Morgan fingerprint density at radius 2 is 1.15 bits per heavy atom. The molecule has 4 nitrogen and oxygen atoms in total. The molecule has 2 aliphatic rings. The molecule has 1 unspecified atom stereocenters. The van der Waals surface area contributed by atoms with Gasteiger partial charge in [-0.2, -0.15) is 0 Å². The first-order valence-electron chi connectivity index (χ1n) is 21.3. The number of fused-ring (bicyclic) bond motifs is 12. The summed E-state index contributed by atoms with van der Waals surface area (Å²) in [7, 11) is 0. The topological polar surface area (TPSA) is 34.5 Å².